The highest BCUT2D eigenvalue weighted by Gasteiger charge is 2.30. The molecule has 0 bridgehead atoms. The van der Waals surface area contributed by atoms with Gasteiger partial charge in [-0.1, -0.05) is 6.07 Å². The maximum atomic E-state index is 12.1. The summed E-state index contributed by atoms with van der Waals surface area (Å²) in [5.41, 5.74) is 0.132. The van der Waals surface area contributed by atoms with Crippen LogP contribution in [-0.2, 0) is 9.53 Å². The van der Waals surface area contributed by atoms with Gasteiger partial charge in [0.1, 0.15) is 5.75 Å². The zero-order valence-corrected chi connectivity index (χ0v) is 11.9. The van der Waals surface area contributed by atoms with Crippen LogP contribution in [-0.4, -0.2) is 42.3 Å². The van der Waals surface area contributed by atoms with Crippen LogP contribution in [0.25, 0.3) is 0 Å². The Bertz CT molecular complexity index is 523. The van der Waals surface area contributed by atoms with Crippen molar-refractivity contribution in [2.75, 3.05) is 19.8 Å². The number of amides is 1. The van der Waals surface area contributed by atoms with Crippen molar-refractivity contribution in [3.05, 3.63) is 29.8 Å². The number of nitrogens with one attached hydrogen (secondary N) is 1. The number of carboxylic acids is 1. The van der Waals surface area contributed by atoms with E-state index in [1.54, 1.807) is 18.2 Å². The summed E-state index contributed by atoms with van der Waals surface area (Å²) in [6.07, 6.45) is 1.93. The maximum Gasteiger partial charge on any atom is 0.341 e. The molecule has 1 aromatic carbocycles. The van der Waals surface area contributed by atoms with E-state index >= 15 is 0 Å². The molecule has 1 saturated heterocycles. The fourth-order valence-electron chi connectivity index (χ4n) is 2.22. The summed E-state index contributed by atoms with van der Waals surface area (Å²) in [6, 6.07) is 6.44. The van der Waals surface area contributed by atoms with E-state index in [1.165, 1.54) is 6.07 Å². The highest BCUT2D eigenvalue weighted by molar-refractivity contribution is 5.94. The highest BCUT2D eigenvalue weighted by atomic mass is 16.5. The average molecular weight is 293 g/mol. The molecule has 21 heavy (non-hydrogen) atoms. The molecule has 1 aliphatic heterocycles. The Hall–Kier alpha value is -2.08. The molecule has 1 heterocycles. The summed E-state index contributed by atoms with van der Waals surface area (Å²) >= 11 is 0. The zero-order valence-electron chi connectivity index (χ0n) is 11.9. The summed E-state index contributed by atoms with van der Waals surface area (Å²) in [5, 5.41) is 11.4. The molecule has 0 aliphatic carbocycles. The van der Waals surface area contributed by atoms with Gasteiger partial charge in [-0.3, -0.25) is 4.79 Å². The standard InChI is InChI=1S/C15H19NO5/c1-15(6-3-7-21-15)10-16-14(19)11-4-2-5-12(8-11)20-9-13(17)18/h2,4-5,8H,3,6-7,9-10H2,1H3,(H,16,19)(H,17,18). The minimum atomic E-state index is -1.06. The molecule has 2 rings (SSSR count). The molecule has 1 aliphatic rings. The third kappa shape index (κ3) is 4.46. The first-order valence-electron chi connectivity index (χ1n) is 6.85. The minimum Gasteiger partial charge on any atom is -0.482 e. The minimum absolute atomic E-state index is 0.229. The molecule has 0 radical (unpaired) electrons. The Morgan fingerprint density at radius 1 is 1.48 bits per heavy atom. The second-order valence-electron chi connectivity index (χ2n) is 5.29. The Labute approximate surface area is 123 Å². The predicted molar refractivity (Wildman–Crippen MR) is 75.5 cm³/mol. The zero-order chi connectivity index (χ0) is 15.3. The SMILES string of the molecule is CC1(CNC(=O)c2cccc(OCC(=O)O)c2)CCCO1. The van der Waals surface area contributed by atoms with E-state index in [1.807, 2.05) is 6.92 Å². The maximum absolute atomic E-state index is 12.1. The van der Waals surface area contributed by atoms with Crippen LogP contribution < -0.4 is 10.1 Å². The lowest BCUT2D eigenvalue weighted by molar-refractivity contribution is -0.139. The van der Waals surface area contributed by atoms with E-state index < -0.39 is 12.6 Å². The van der Waals surface area contributed by atoms with Crippen molar-refractivity contribution >= 4 is 11.9 Å². The number of ether oxygens (including phenoxy) is 2. The molecule has 2 N–H and O–H groups in total. The smallest absolute Gasteiger partial charge is 0.341 e. The van der Waals surface area contributed by atoms with Gasteiger partial charge in [-0.15, -0.1) is 0 Å². The number of rotatable bonds is 6. The number of carboxylic acid groups (broad SMARTS) is 1. The Balaban J connectivity index is 1.92. The molecule has 1 amide bonds. The van der Waals surface area contributed by atoms with Crippen molar-refractivity contribution in [1.29, 1.82) is 0 Å². The largest absolute Gasteiger partial charge is 0.482 e. The van der Waals surface area contributed by atoms with Crippen molar-refractivity contribution in [3.63, 3.8) is 0 Å². The Kier molecular flexibility index (Phi) is 4.80. The molecular formula is C15H19NO5. The summed E-state index contributed by atoms with van der Waals surface area (Å²) in [4.78, 5) is 22.6. The van der Waals surface area contributed by atoms with Gasteiger partial charge >= 0.3 is 5.97 Å². The molecule has 1 unspecified atom stereocenters. The lowest BCUT2D eigenvalue weighted by Gasteiger charge is -2.23. The fourth-order valence-corrected chi connectivity index (χ4v) is 2.22. The van der Waals surface area contributed by atoms with Gasteiger partial charge in [-0.05, 0) is 38.0 Å². The molecule has 114 valence electrons. The topological polar surface area (TPSA) is 84.9 Å². The molecule has 6 heteroatoms. The molecule has 1 aromatic rings. The van der Waals surface area contributed by atoms with Crippen molar-refractivity contribution in [3.8, 4) is 5.75 Å². The monoisotopic (exact) mass is 293 g/mol. The van der Waals surface area contributed by atoms with E-state index in [4.69, 9.17) is 14.6 Å². The summed E-state index contributed by atoms with van der Waals surface area (Å²) in [7, 11) is 0. The first-order valence-corrected chi connectivity index (χ1v) is 6.85. The molecule has 0 aromatic heterocycles. The molecule has 1 fully saturated rings. The van der Waals surface area contributed by atoms with Crippen molar-refractivity contribution in [2.45, 2.75) is 25.4 Å². The van der Waals surface area contributed by atoms with Crippen LogP contribution in [0, 0.1) is 0 Å². The molecular weight excluding hydrogens is 274 g/mol. The summed E-state index contributed by atoms with van der Waals surface area (Å²) in [6.45, 7) is 2.72. The van der Waals surface area contributed by atoms with Crippen molar-refractivity contribution in [1.82, 2.24) is 5.32 Å². The Morgan fingerprint density at radius 2 is 2.29 bits per heavy atom. The lowest BCUT2D eigenvalue weighted by Crippen LogP contribution is -2.40. The van der Waals surface area contributed by atoms with Crippen LogP contribution in [0.3, 0.4) is 0 Å². The van der Waals surface area contributed by atoms with Crippen LogP contribution >= 0.6 is 0 Å². The van der Waals surface area contributed by atoms with Crippen molar-refractivity contribution < 1.29 is 24.2 Å². The van der Waals surface area contributed by atoms with Crippen LogP contribution in [0.1, 0.15) is 30.1 Å². The van der Waals surface area contributed by atoms with Gasteiger partial charge in [0.25, 0.3) is 5.91 Å². The normalized spacial score (nSPS) is 21.0. The van der Waals surface area contributed by atoms with E-state index in [0.29, 0.717) is 17.9 Å². The van der Waals surface area contributed by atoms with Gasteiger partial charge in [0.2, 0.25) is 0 Å². The van der Waals surface area contributed by atoms with Gasteiger partial charge in [0.05, 0.1) is 5.60 Å². The van der Waals surface area contributed by atoms with Crippen molar-refractivity contribution in [2.24, 2.45) is 0 Å². The van der Waals surface area contributed by atoms with Gasteiger partial charge in [0, 0.05) is 18.7 Å². The second-order valence-corrected chi connectivity index (χ2v) is 5.29. The van der Waals surface area contributed by atoms with E-state index in [0.717, 1.165) is 19.4 Å². The van der Waals surface area contributed by atoms with Gasteiger partial charge < -0.3 is 19.9 Å². The fraction of sp³-hybridized carbons (Fsp3) is 0.467. The number of hydrogen-bond donors (Lipinski definition) is 2. The third-order valence-electron chi connectivity index (χ3n) is 3.38. The summed E-state index contributed by atoms with van der Waals surface area (Å²) in [5.74, 6) is -0.933. The lowest BCUT2D eigenvalue weighted by atomic mass is 10.0. The molecule has 6 nitrogen and oxygen atoms in total. The van der Waals surface area contributed by atoms with Gasteiger partial charge in [-0.25, -0.2) is 4.79 Å². The van der Waals surface area contributed by atoms with Gasteiger partial charge in [-0.2, -0.15) is 0 Å². The Morgan fingerprint density at radius 3 is 2.95 bits per heavy atom. The molecule has 1 atom stereocenters. The second kappa shape index (κ2) is 6.58. The first-order chi connectivity index (χ1) is 9.98. The van der Waals surface area contributed by atoms with E-state index in [9.17, 15) is 9.59 Å². The van der Waals surface area contributed by atoms with E-state index in [2.05, 4.69) is 5.32 Å². The van der Waals surface area contributed by atoms with Crippen LogP contribution in [0.2, 0.25) is 0 Å². The first kappa shape index (κ1) is 15.3. The van der Waals surface area contributed by atoms with Crippen LogP contribution in [0.4, 0.5) is 0 Å². The molecule has 0 spiro atoms. The number of hydrogen-bond acceptors (Lipinski definition) is 4. The number of carbonyl (C=O) groups excluding carboxylic acids is 1. The summed E-state index contributed by atoms with van der Waals surface area (Å²) < 4.78 is 10.7. The molecule has 0 saturated carbocycles. The third-order valence-corrected chi connectivity index (χ3v) is 3.38. The van der Waals surface area contributed by atoms with Crippen LogP contribution in [0.5, 0.6) is 5.75 Å². The quantitative estimate of drug-likeness (QED) is 0.829. The van der Waals surface area contributed by atoms with E-state index in [-0.39, 0.29) is 11.5 Å². The van der Waals surface area contributed by atoms with Gasteiger partial charge in [0.15, 0.2) is 6.61 Å². The number of benzene rings is 1. The average Bonchev–Trinajstić information content (AvgIpc) is 2.90. The predicted octanol–water partition coefficient (Wildman–Crippen LogP) is 1.45. The van der Waals surface area contributed by atoms with Crippen LogP contribution in [0.15, 0.2) is 24.3 Å². The number of carbonyl (C=O) groups is 2. The highest BCUT2D eigenvalue weighted by Crippen LogP contribution is 2.24. The number of aliphatic carboxylic acids is 1.